The van der Waals surface area contributed by atoms with E-state index in [0.717, 1.165) is 0 Å². The number of hydrogen-bond donors (Lipinski definition) is 2. The normalized spacial score (nSPS) is 39.9. The summed E-state index contributed by atoms with van der Waals surface area (Å²) in [5.41, 5.74) is 0. The van der Waals surface area contributed by atoms with Gasteiger partial charge in [-0.2, -0.15) is 0 Å². The number of rotatable bonds is 3. The van der Waals surface area contributed by atoms with Gasteiger partial charge in [-0.05, 0) is 13.3 Å². The topological polar surface area (TPSA) is 67.8 Å². The summed E-state index contributed by atoms with van der Waals surface area (Å²) in [6, 6.07) is -0.286. The zero-order valence-electron chi connectivity index (χ0n) is 7.77. The Morgan fingerprint density at radius 2 is 2.38 bits per heavy atom. The van der Waals surface area contributed by atoms with Crippen molar-refractivity contribution < 1.29 is 19.4 Å². The van der Waals surface area contributed by atoms with Crippen LogP contribution in [0.5, 0.6) is 0 Å². The lowest BCUT2D eigenvalue weighted by atomic mass is 10.0. The first-order chi connectivity index (χ1) is 6.19. The molecule has 1 aliphatic rings. The van der Waals surface area contributed by atoms with Crippen molar-refractivity contribution in [2.75, 3.05) is 7.11 Å². The molecule has 1 aliphatic heterocycles. The van der Waals surface area contributed by atoms with Gasteiger partial charge in [-0.25, -0.2) is 0 Å². The van der Waals surface area contributed by atoms with E-state index in [1.54, 1.807) is 0 Å². The molecule has 0 bridgehead atoms. The van der Waals surface area contributed by atoms with E-state index in [4.69, 9.17) is 9.47 Å². The van der Waals surface area contributed by atoms with Gasteiger partial charge >= 0.3 is 0 Å². The molecule has 76 valence electrons. The molecule has 0 aromatic heterocycles. The molecule has 0 aromatic rings. The van der Waals surface area contributed by atoms with Gasteiger partial charge in [0.05, 0.1) is 12.1 Å². The molecule has 0 spiro atoms. The minimum Gasteiger partial charge on any atom is -0.386 e. The highest BCUT2D eigenvalue weighted by Gasteiger charge is 2.35. The van der Waals surface area contributed by atoms with Crippen molar-refractivity contribution in [2.24, 2.45) is 0 Å². The van der Waals surface area contributed by atoms with Crippen molar-refractivity contribution in [3.05, 3.63) is 0 Å². The van der Waals surface area contributed by atoms with E-state index >= 15 is 0 Å². The molecule has 5 heteroatoms. The van der Waals surface area contributed by atoms with Gasteiger partial charge in [0.2, 0.25) is 6.41 Å². The number of carbonyl (C=O) groups is 1. The lowest BCUT2D eigenvalue weighted by molar-refractivity contribution is -0.232. The molecule has 13 heavy (non-hydrogen) atoms. The molecule has 0 saturated carbocycles. The molecular formula is C8H15NO4. The lowest BCUT2D eigenvalue weighted by Crippen LogP contribution is -2.54. The van der Waals surface area contributed by atoms with Gasteiger partial charge in [0.25, 0.3) is 0 Å². The van der Waals surface area contributed by atoms with E-state index in [-0.39, 0.29) is 12.1 Å². The molecular weight excluding hydrogens is 174 g/mol. The van der Waals surface area contributed by atoms with Gasteiger partial charge in [0.15, 0.2) is 6.29 Å². The highest BCUT2D eigenvalue weighted by atomic mass is 16.7. The summed E-state index contributed by atoms with van der Waals surface area (Å²) >= 11 is 0. The quantitative estimate of drug-likeness (QED) is 0.573. The Morgan fingerprint density at radius 1 is 1.69 bits per heavy atom. The number of hydrogen-bond acceptors (Lipinski definition) is 4. The van der Waals surface area contributed by atoms with Crippen LogP contribution in [0.1, 0.15) is 13.3 Å². The fourth-order valence-electron chi connectivity index (χ4n) is 1.50. The van der Waals surface area contributed by atoms with E-state index in [1.165, 1.54) is 7.11 Å². The molecule has 4 atom stereocenters. The molecule has 0 aromatic carbocycles. The van der Waals surface area contributed by atoms with E-state index in [1.807, 2.05) is 6.92 Å². The van der Waals surface area contributed by atoms with Crippen LogP contribution in [0, 0.1) is 0 Å². The SMILES string of the molecule is COC1OC(C)CC(NC=O)C1O. The molecule has 5 nitrogen and oxygen atoms in total. The number of aliphatic hydroxyl groups is 1. The van der Waals surface area contributed by atoms with E-state index in [9.17, 15) is 9.90 Å². The van der Waals surface area contributed by atoms with Crippen LogP contribution in [-0.4, -0.2) is 43.2 Å². The van der Waals surface area contributed by atoms with Crippen molar-refractivity contribution in [1.82, 2.24) is 5.32 Å². The second-order valence-electron chi connectivity index (χ2n) is 3.17. The number of methoxy groups -OCH3 is 1. The summed E-state index contributed by atoms with van der Waals surface area (Å²) in [4.78, 5) is 10.2. The molecule has 1 saturated heterocycles. The molecule has 1 heterocycles. The first kappa shape index (κ1) is 10.4. The maximum Gasteiger partial charge on any atom is 0.207 e. The first-order valence-corrected chi connectivity index (χ1v) is 4.25. The zero-order valence-corrected chi connectivity index (χ0v) is 7.77. The largest absolute Gasteiger partial charge is 0.386 e. The van der Waals surface area contributed by atoms with Gasteiger partial charge in [-0.15, -0.1) is 0 Å². The fourth-order valence-corrected chi connectivity index (χ4v) is 1.50. The summed E-state index contributed by atoms with van der Waals surface area (Å²) in [5.74, 6) is 0. The molecule has 1 rings (SSSR count). The van der Waals surface area contributed by atoms with Gasteiger partial charge in [0, 0.05) is 7.11 Å². The third-order valence-corrected chi connectivity index (χ3v) is 2.16. The number of aliphatic hydroxyl groups excluding tert-OH is 1. The average molecular weight is 189 g/mol. The monoisotopic (exact) mass is 189 g/mol. The Kier molecular flexibility index (Phi) is 3.65. The number of carbonyl (C=O) groups excluding carboxylic acids is 1. The van der Waals surface area contributed by atoms with Crippen molar-refractivity contribution in [3.63, 3.8) is 0 Å². The Bertz CT molecular complexity index is 176. The van der Waals surface area contributed by atoms with Crippen LogP contribution >= 0.6 is 0 Å². The van der Waals surface area contributed by atoms with E-state index in [2.05, 4.69) is 5.32 Å². The van der Waals surface area contributed by atoms with Gasteiger partial charge in [-0.1, -0.05) is 0 Å². The molecule has 0 radical (unpaired) electrons. The number of ether oxygens (including phenoxy) is 2. The smallest absolute Gasteiger partial charge is 0.207 e. The van der Waals surface area contributed by atoms with Crippen LogP contribution in [0.4, 0.5) is 0 Å². The highest BCUT2D eigenvalue weighted by Crippen LogP contribution is 2.20. The van der Waals surface area contributed by atoms with E-state index in [0.29, 0.717) is 12.8 Å². The standard InChI is InChI=1S/C8H15NO4/c1-5-3-6(9-4-10)7(11)8(12-2)13-5/h4-8,11H,3H2,1-2H3,(H,9,10). The van der Waals surface area contributed by atoms with Gasteiger partial charge in [0.1, 0.15) is 6.10 Å². The molecule has 1 fully saturated rings. The van der Waals surface area contributed by atoms with Crippen LogP contribution in [0.3, 0.4) is 0 Å². The zero-order chi connectivity index (χ0) is 9.84. The Morgan fingerprint density at radius 3 is 2.92 bits per heavy atom. The van der Waals surface area contributed by atoms with Crippen LogP contribution in [-0.2, 0) is 14.3 Å². The van der Waals surface area contributed by atoms with Gasteiger partial charge in [-0.3, -0.25) is 4.79 Å². The molecule has 0 aliphatic carbocycles. The maximum absolute atomic E-state index is 10.2. The average Bonchev–Trinajstić information content (AvgIpc) is 2.11. The van der Waals surface area contributed by atoms with Crippen molar-refractivity contribution >= 4 is 6.41 Å². The van der Waals surface area contributed by atoms with Crippen molar-refractivity contribution in [3.8, 4) is 0 Å². The summed E-state index contributed by atoms with van der Waals surface area (Å²) in [7, 11) is 1.46. The highest BCUT2D eigenvalue weighted by molar-refractivity contribution is 5.46. The summed E-state index contributed by atoms with van der Waals surface area (Å²) < 4.78 is 10.2. The fraction of sp³-hybridized carbons (Fsp3) is 0.875. The molecule has 4 unspecified atom stereocenters. The van der Waals surface area contributed by atoms with Gasteiger partial charge < -0.3 is 19.9 Å². The third kappa shape index (κ3) is 2.40. The Balaban J connectivity index is 2.57. The molecule has 1 amide bonds. The Hall–Kier alpha value is -0.650. The van der Waals surface area contributed by atoms with Crippen LogP contribution in [0.25, 0.3) is 0 Å². The first-order valence-electron chi connectivity index (χ1n) is 4.25. The third-order valence-electron chi connectivity index (χ3n) is 2.16. The maximum atomic E-state index is 10.2. The Labute approximate surface area is 77.0 Å². The second-order valence-corrected chi connectivity index (χ2v) is 3.17. The van der Waals surface area contributed by atoms with Crippen molar-refractivity contribution in [2.45, 2.75) is 37.9 Å². The van der Waals surface area contributed by atoms with E-state index < -0.39 is 12.4 Å². The predicted octanol–water partition coefficient (Wildman–Crippen LogP) is -0.757. The number of nitrogens with one attached hydrogen (secondary N) is 1. The van der Waals surface area contributed by atoms with Crippen LogP contribution < -0.4 is 5.32 Å². The summed E-state index contributed by atoms with van der Waals surface area (Å²) in [6.07, 6.45) is -0.295. The minimum absolute atomic E-state index is 0.0224. The summed E-state index contributed by atoms with van der Waals surface area (Å²) in [5, 5.41) is 12.1. The number of amides is 1. The lowest BCUT2D eigenvalue weighted by Gasteiger charge is -2.36. The minimum atomic E-state index is -0.800. The van der Waals surface area contributed by atoms with Crippen molar-refractivity contribution in [1.29, 1.82) is 0 Å². The van der Waals surface area contributed by atoms with Crippen LogP contribution in [0.15, 0.2) is 0 Å². The van der Waals surface area contributed by atoms with Crippen LogP contribution in [0.2, 0.25) is 0 Å². The second kappa shape index (κ2) is 4.55. The molecule has 2 N–H and O–H groups in total. The summed E-state index contributed by atoms with van der Waals surface area (Å²) in [6.45, 7) is 1.87. The predicted molar refractivity (Wildman–Crippen MR) is 45.0 cm³/mol.